The van der Waals surface area contributed by atoms with Crippen molar-refractivity contribution in [2.24, 2.45) is 11.8 Å². The number of rotatable bonds is 6. The van der Waals surface area contributed by atoms with Crippen LogP contribution in [0.2, 0.25) is 0 Å². The average Bonchev–Trinajstić information content (AvgIpc) is 3.18. The van der Waals surface area contributed by atoms with Gasteiger partial charge in [0.15, 0.2) is 6.29 Å². The topological polar surface area (TPSA) is 74.4 Å². The van der Waals surface area contributed by atoms with Gasteiger partial charge < -0.3 is 19.9 Å². The van der Waals surface area contributed by atoms with E-state index in [1.54, 1.807) is 0 Å². The van der Waals surface area contributed by atoms with Crippen molar-refractivity contribution in [1.29, 1.82) is 0 Å². The zero-order valence-electron chi connectivity index (χ0n) is 17.0. The quantitative estimate of drug-likeness (QED) is 0.744. The van der Waals surface area contributed by atoms with Crippen molar-refractivity contribution < 1.29 is 9.53 Å². The molecule has 0 spiro atoms. The molecule has 6 heteroatoms. The molecule has 2 unspecified atom stereocenters. The zero-order chi connectivity index (χ0) is 19.8. The second kappa shape index (κ2) is 10.2. The van der Waals surface area contributed by atoms with Crippen LogP contribution in [-0.2, 0) is 0 Å². The summed E-state index contributed by atoms with van der Waals surface area (Å²) in [6, 6.07) is 1.75. The molecule has 0 amide bonds. The van der Waals surface area contributed by atoms with E-state index in [4.69, 9.17) is 4.74 Å². The molecule has 3 rings (SSSR count). The van der Waals surface area contributed by atoms with Crippen molar-refractivity contribution in [2.75, 3.05) is 13.3 Å². The predicted octanol–water partition coefficient (Wildman–Crippen LogP) is 3.51. The summed E-state index contributed by atoms with van der Waals surface area (Å²) in [5, 5.41) is 3.36. The van der Waals surface area contributed by atoms with Crippen LogP contribution in [0, 0.1) is 11.8 Å². The number of nitrogens with one attached hydrogen (secondary N) is 2. The highest BCUT2D eigenvalue weighted by molar-refractivity contribution is 5.78. The molecule has 1 fully saturated rings. The Hall–Kier alpha value is -2.24. The van der Waals surface area contributed by atoms with Gasteiger partial charge in [-0.1, -0.05) is 26.7 Å². The van der Waals surface area contributed by atoms with Gasteiger partial charge in [-0.15, -0.1) is 0 Å². The molecule has 2 atom stereocenters. The second-order valence-electron chi connectivity index (χ2n) is 7.19. The summed E-state index contributed by atoms with van der Waals surface area (Å²) in [5.74, 6) is 1.33. The van der Waals surface area contributed by atoms with Crippen LogP contribution >= 0.6 is 0 Å². The molecule has 0 radical (unpaired) electrons. The maximum absolute atomic E-state index is 11.3. The van der Waals surface area contributed by atoms with Crippen molar-refractivity contribution in [3.63, 3.8) is 0 Å². The standard InChI is InChI=1S/C19H27N3O3.C2H6/c1-13(2)22-12-20-8-17(22)16-6-4-3-5-14(16)11-25-18-9-21-19(24)7-15(18)10-23;1-2/h7-10,13-14,16,20H,3-6,11-12H2,1-2H3,(H,21,24);1-2H3. The smallest absolute Gasteiger partial charge is 0.248 e. The molecule has 6 nitrogen and oxygen atoms in total. The molecular weight excluding hydrogens is 342 g/mol. The van der Waals surface area contributed by atoms with Gasteiger partial charge in [-0.3, -0.25) is 9.59 Å². The lowest BCUT2D eigenvalue weighted by atomic mass is 9.77. The number of aldehydes is 1. The van der Waals surface area contributed by atoms with Gasteiger partial charge in [-0.2, -0.15) is 0 Å². The summed E-state index contributed by atoms with van der Waals surface area (Å²) in [7, 11) is 0. The molecule has 1 aliphatic carbocycles. The molecule has 1 aliphatic heterocycles. The van der Waals surface area contributed by atoms with Crippen LogP contribution in [-0.4, -0.2) is 35.5 Å². The Balaban J connectivity index is 0.00000126. The van der Waals surface area contributed by atoms with Crippen LogP contribution in [0.5, 0.6) is 5.75 Å². The minimum absolute atomic E-state index is 0.292. The Bertz CT molecular complexity index is 696. The molecule has 2 heterocycles. The average molecular weight is 376 g/mol. The van der Waals surface area contributed by atoms with Gasteiger partial charge in [0, 0.05) is 42.0 Å². The number of nitrogens with zero attached hydrogens (tertiary/aromatic N) is 1. The normalized spacial score (nSPS) is 21.8. The summed E-state index contributed by atoms with van der Waals surface area (Å²) < 4.78 is 5.94. The van der Waals surface area contributed by atoms with Crippen molar-refractivity contribution >= 4 is 6.29 Å². The predicted molar refractivity (Wildman–Crippen MR) is 108 cm³/mol. The van der Waals surface area contributed by atoms with E-state index >= 15 is 0 Å². The summed E-state index contributed by atoms with van der Waals surface area (Å²) in [4.78, 5) is 27.5. The van der Waals surface area contributed by atoms with E-state index in [9.17, 15) is 9.59 Å². The summed E-state index contributed by atoms with van der Waals surface area (Å²) >= 11 is 0. The van der Waals surface area contributed by atoms with Crippen LogP contribution in [0.1, 0.15) is 63.7 Å². The number of hydrogen-bond donors (Lipinski definition) is 2. The number of pyridine rings is 1. The van der Waals surface area contributed by atoms with Crippen LogP contribution in [0.3, 0.4) is 0 Å². The maximum atomic E-state index is 11.3. The molecule has 1 saturated carbocycles. The monoisotopic (exact) mass is 375 g/mol. The first-order valence-electron chi connectivity index (χ1n) is 10.1. The summed E-state index contributed by atoms with van der Waals surface area (Å²) in [5.41, 5.74) is 1.39. The molecule has 1 aromatic rings. The minimum Gasteiger partial charge on any atom is -0.491 e. The zero-order valence-corrected chi connectivity index (χ0v) is 17.0. The first-order chi connectivity index (χ1) is 13.1. The van der Waals surface area contributed by atoms with Gasteiger partial charge in [0.1, 0.15) is 5.75 Å². The number of hydrogen-bond acceptors (Lipinski definition) is 5. The molecule has 2 N–H and O–H groups in total. The molecule has 0 bridgehead atoms. The van der Waals surface area contributed by atoms with E-state index in [-0.39, 0.29) is 5.56 Å². The highest BCUT2D eigenvalue weighted by Gasteiger charge is 2.33. The molecule has 27 heavy (non-hydrogen) atoms. The van der Waals surface area contributed by atoms with Crippen LogP contribution in [0.15, 0.2) is 29.0 Å². The highest BCUT2D eigenvalue weighted by Crippen LogP contribution is 2.38. The van der Waals surface area contributed by atoms with Gasteiger partial charge in [0.25, 0.3) is 0 Å². The van der Waals surface area contributed by atoms with Crippen molar-refractivity contribution in [2.45, 2.75) is 59.4 Å². The van der Waals surface area contributed by atoms with Gasteiger partial charge >= 0.3 is 0 Å². The van der Waals surface area contributed by atoms with Crippen molar-refractivity contribution in [1.82, 2.24) is 15.2 Å². The van der Waals surface area contributed by atoms with E-state index in [2.05, 4.69) is 35.2 Å². The molecule has 150 valence electrons. The lowest BCUT2D eigenvalue weighted by Crippen LogP contribution is -2.37. The third kappa shape index (κ3) is 5.15. The maximum Gasteiger partial charge on any atom is 0.248 e. The number of aromatic nitrogens is 1. The fraction of sp³-hybridized carbons (Fsp3) is 0.619. The van der Waals surface area contributed by atoms with E-state index in [0.717, 1.165) is 19.5 Å². The van der Waals surface area contributed by atoms with Gasteiger partial charge in [-0.25, -0.2) is 0 Å². The fourth-order valence-electron chi connectivity index (χ4n) is 3.91. The Morgan fingerprint density at radius 2 is 2.04 bits per heavy atom. The number of carbonyl (C=O) groups is 1. The Morgan fingerprint density at radius 3 is 2.74 bits per heavy atom. The van der Waals surface area contributed by atoms with Crippen LogP contribution < -0.4 is 15.6 Å². The highest BCUT2D eigenvalue weighted by atomic mass is 16.5. The molecular formula is C21H33N3O3. The van der Waals surface area contributed by atoms with Gasteiger partial charge in [0.2, 0.25) is 5.56 Å². The molecule has 1 aromatic heterocycles. The molecule has 2 aliphatic rings. The number of allylic oxidation sites excluding steroid dienone is 1. The lowest BCUT2D eigenvalue weighted by molar-refractivity contribution is 0.111. The molecule has 0 aromatic carbocycles. The fourth-order valence-corrected chi connectivity index (χ4v) is 3.91. The lowest BCUT2D eigenvalue weighted by Gasteiger charge is -2.37. The first-order valence-corrected chi connectivity index (χ1v) is 10.1. The van der Waals surface area contributed by atoms with E-state index in [1.807, 2.05) is 13.8 Å². The van der Waals surface area contributed by atoms with Crippen molar-refractivity contribution in [3.05, 3.63) is 40.1 Å². The van der Waals surface area contributed by atoms with E-state index in [0.29, 0.717) is 42.1 Å². The number of ether oxygens (including phenoxy) is 1. The summed E-state index contributed by atoms with van der Waals surface area (Å²) in [6.45, 7) is 9.85. The Labute approximate surface area is 162 Å². The number of aromatic amines is 1. The minimum atomic E-state index is -0.292. The largest absolute Gasteiger partial charge is 0.491 e. The number of H-pyrrole nitrogens is 1. The Kier molecular flexibility index (Phi) is 7.95. The Morgan fingerprint density at radius 1 is 1.30 bits per heavy atom. The first kappa shape index (κ1) is 21.1. The van der Waals surface area contributed by atoms with Crippen molar-refractivity contribution in [3.8, 4) is 5.75 Å². The second-order valence-corrected chi connectivity index (χ2v) is 7.19. The van der Waals surface area contributed by atoms with E-state index < -0.39 is 0 Å². The number of carbonyl (C=O) groups excluding carboxylic acids is 1. The van der Waals surface area contributed by atoms with Gasteiger partial charge in [0.05, 0.1) is 18.8 Å². The third-order valence-electron chi connectivity index (χ3n) is 5.25. The molecule has 0 saturated heterocycles. The van der Waals surface area contributed by atoms with Crippen LogP contribution in [0.4, 0.5) is 0 Å². The summed E-state index contributed by atoms with van der Waals surface area (Å²) in [6.07, 6.45) is 9.04. The van der Waals surface area contributed by atoms with Crippen LogP contribution in [0.25, 0.3) is 0 Å². The van der Waals surface area contributed by atoms with E-state index in [1.165, 1.54) is 30.8 Å². The van der Waals surface area contributed by atoms with Gasteiger partial charge in [-0.05, 0) is 26.7 Å². The third-order valence-corrected chi connectivity index (χ3v) is 5.25. The SMILES string of the molecule is CC.CC(C)N1CNC=C1C1CCCCC1COc1c[nH]c(=O)cc1C=O.